The van der Waals surface area contributed by atoms with Crippen molar-refractivity contribution in [2.45, 2.75) is 53.5 Å². The molecule has 0 bridgehead atoms. The average Bonchev–Trinajstić information content (AvgIpc) is 2.49. The molecule has 0 aliphatic heterocycles. The Hall–Kier alpha value is -1.22. The zero-order valence-corrected chi connectivity index (χ0v) is 14.2. The normalized spacial score (nSPS) is 14.0. The Kier molecular flexibility index (Phi) is 7.58. The highest BCUT2D eigenvalue weighted by Gasteiger charge is 2.19. The van der Waals surface area contributed by atoms with Crippen LogP contribution in [0.1, 0.15) is 59.1 Å². The van der Waals surface area contributed by atoms with Gasteiger partial charge in [-0.1, -0.05) is 40.7 Å². The monoisotopic (exact) mass is 293 g/mol. The summed E-state index contributed by atoms with van der Waals surface area (Å²) < 4.78 is 11.6. The van der Waals surface area contributed by atoms with Crippen LogP contribution in [0.3, 0.4) is 0 Å². The SMILES string of the molecule is CCCOc1ccc(C(N)C(C)C(C)C)cc1OCCC. The first-order valence-electron chi connectivity index (χ1n) is 8.16. The molecule has 2 unspecified atom stereocenters. The molecule has 0 aromatic heterocycles. The number of hydrogen-bond donors (Lipinski definition) is 1. The fourth-order valence-electron chi connectivity index (χ4n) is 2.11. The lowest BCUT2D eigenvalue weighted by atomic mass is 9.86. The van der Waals surface area contributed by atoms with Crippen LogP contribution in [0.2, 0.25) is 0 Å². The molecule has 1 aromatic carbocycles. The van der Waals surface area contributed by atoms with Gasteiger partial charge in [0.05, 0.1) is 13.2 Å². The van der Waals surface area contributed by atoms with Gasteiger partial charge in [-0.05, 0) is 42.4 Å². The molecule has 0 amide bonds. The first kappa shape index (κ1) is 17.8. The standard InChI is InChI=1S/C18H31NO2/c1-6-10-20-16-9-8-15(12-17(16)21-11-7-2)18(19)14(5)13(3)4/h8-9,12-14,18H,6-7,10-11,19H2,1-5H3. The van der Waals surface area contributed by atoms with E-state index < -0.39 is 0 Å². The second-order valence-corrected chi connectivity index (χ2v) is 6.03. The van der Waals surface area contributed by atoms with Gasteiger partial charge in [-0.3, -0.25) is 0 Å². The third-order valence-corrected chi connectivity index (χ3v) is 3.89. The number of hydrogen-bond acceptors (Lipinski definition) is 3. The second-order valence-electron chi connectivity index (χ2n) is 6.03. The molecular formula is C18H31NO2. The molecular weight excluding hydrogens is 262 g/mol. The molecule has 21 heavy (non-hydrogen) atoms. The van der Waals surface area contributed by atoms with Gasteiger partial charge < -0.3 is 15.2 Å². The number of benzene rings is 1. The van der Waals surface area contributed by atoms with Gasteiger partial charge in [-0.2, -0.15) is 0 Å². The van der Waals surface area contributed by atoms with Crippen molar-refractivity contribution in [2.75, 3.05) is 13.2 Å². The predicted octanol–water partition coefficient (Wildman–Crippen LogP) is 4.56. The van der Waals surface area contributed by atoms with Crippen LogP contribution >= 0.6 is 0 Å². The van der Waals surface area contributed by atoms with E-state index in [9.17, 15) is 0 Å². The molecule has 0 saturated carbocycles. The topological polar surface area (TPSA) is 44.5 Å². The first-order chi connectivity index (χ1) is 10.0. The maximum Gasteiger partial charge on any atom is 0.161 e. The molecule has 0 aliphatic carbocycles. The van der Waals surface area contributed by atoms with Crippen LogP contribution in [0.25, 0.3) is 0 Å². The second kappa shape index (κ2) is 8.93. The van der Waals surface area contributed by atoms with Crippen molar-refractivity contribution in [3.8, 4) is 11.5 Å². The van der Waals surface area contributed by atoms with Crippen LogP contribution in [0.5, 0.6) is 11.5 Å². The van der Waals surface area contributed by atoms with Crippen molar-refractivity contribution >= 4 is 0 Å². The summed E-state index contributed by atoms with van der Waals surface area (Å²) in [4.78, 5) is 0. The molecule has 2 atom stereocenters. The molecule has 0 spiro atoms. The molecule has 3 heteroatoms. The average molecular weight is 293 g/mol. The summed E-state index contributed by atoms with van der Waals surface area (Å²) in [6.45, 7) is 12.2. The summed E-state index contributed by atoms with van der Waals surface area (Å²) in [5.74, 6) is 2.61. The van der Waals surface area contributed by atoms with Crippen LogP contribution in [0.4, 0.5) is 0 Å². The van der Waals surface area contributed by atoms with E-state index in [-0.39, 0.29) is 6.04 Å². The van der Waals surface area contributed by atoms with Gasteiger partial charge >= 0.3 is 0 Å². The molecule has 2 N–H and O–H groups in total. The maximum atomic E-state index is 6.39. The molecule has 1 aromatic rings. The van der Waals surface area contributed by atoms with E-state index in [4.69, 9.17) is 15.2 Å². The number of ether oxygens (including phenoxy) is 2. The summed E-state index contributed by atoms with van der Waals surface area (Å²) in [7, 11) is 0. The van der Waals surface area contributed by atoms with Crippen LogP contribution in [0, 0.1) is 11.8 Å². The van der Waals surface area contributed by atoms with Gasteiger partial charge in [0, 0.05) is 6.04 Å². The third-order valence-electron chi connectivity index (χ3n) is 3.89. The molecule has 0 saturated heterocycles. The van der Waals surface area contributed by atoms with E-state index in [2.05, 4.69) is 40.7 Å². The van der Waals surface area contributed by atoms with Crippen molar-refractivity contribution < 1.29 is 9.47 Å². The summed E-state index contributed by atoms with van der Waals surface area (Å²) in [6.07, 6.45) is 1.96. The Morgan fingerprint density at radius 1 is 0.952 bits per heavy atom. The van der Waals surface area contributed by atoms with Crippen LogP contribution in [-0.2, 0) is 0 Å². The van der Waals surface area contributed by atoms with E-state index in [0.717, 1.165) is 29.9 Å². The highest BCUT2D eigenvalue weighted by atomic mass is 16.5. The highest BCUT2D eigenvalue weighted by molar-refractivity contribution is 5.44. The zero-order valence-electron chi connectivity index (χ0n) is 14.2. The first-order valence-corrected chi connectivity index (χ1v) is 8.16. The molecule has 120 valence electrons. The summed E-state index contributed by atoms with van der Waals surface area (Å²) in [6, 6.07) is 6.12. The van der Waals surface area contributed by atoms with Gasteiger partial charge in [0.25, 0.3) is 0 Å². The Morgan fingerprint density at radius 2 is 1.52 bits per heavy atom. The molecule has 0 aliphatic rings. The third kappa shape index (κ3) is 5.24. The Balaban J connectivity index is 2.96. The smallest absolute Gasteiger partial charge is 0.161 e. The van der Waals surface area contributed by atoms with Crippen molar-refractivity contribution in [1.82, 2.24) is 0 Å². The highest BCUT2D eigenvalue weighted by Crippen LogP contribution is 2.33. The molecule has 0 fully saturated rings. The number of rotatable bonds is 9. The summed E-state index contributed by atoms with van der Waals surface area (Å²) in [5.41, 5.74) is 7.51. The number of nitrogens with two attached hydrogens (primary N) is 1. The summed E-state index contributed by atoms with van der Waals surface area (Å²) >= 11 is 0. The summed E-state index contributed by atoms with van der Waals surface area (Å²) in [5, 5.41) is 0. The van der Waals surface area contributed by atoms with Crippen molar-refractivity contribution in [3.05, 3.63) is 23.8 Å². The Bertz CT molecular complexity index is 418. The van der Waals surface area contributed by atoms with Crippen molar-refractivity contribution in [3.63, 3.8) is 0 Å². The predicted molar refractivity (Wildman–Crippen MR) is 88.9 cm³/mol. The lowest BCUT2D eigenvalue weighted by Crippen LogP contribution is -2.23. The van der Waals surface area contributed by atoms with Crippen LogP contribution < -0.4 is 15.2 Å². The van der Waals surface area contributed by atoms with Crippen LogP contribution in [-0.4, -0.2) is 13.2 Å². The van der Waals surface area contributed by atoms with Crippen molar-refractivity contribution in [1.29, 1.82) is 0 Å². The van der Waals surface area contributed by atoms with E-state index in [1.807, 2.05) is 12.1 Å². The van der Waals surface area contributed by atoms with Gasteiger partial charge in [0.15, 0.2) is 11.5 Å². The van der Waals surface area contributed by atoms with Gasteiger partial charge in [0.1, 0.15) is 0 Å². The quantitative estimate of drug-likeness (QED) is 0.726. The van der Waals surface area contributed by atoms with Gasteiger partial charge in [-0.15, -0.1) is 0 Å². The minimum atomic E-state index is 0.0224. The van der Waals surface area contributed by atoms with E-state index in [0.29, 0.717) is 25.0 Å². The zero-order chi connectivity index (χ0) is 15.8. The fraction of sp³-hybridized carbons (Fsp3) is 0.667. The molecule has 0 radical (unpaired) electrons. The minimum Gasteiger partial charge on any atom is -0.490 e. The minimum absolute atomic E-state index is 0.0224. The van der Waals surface area contributed by atoms with E-state index in [1.165, 1.54) is 0 Å². The largest absolute Gasteiger partial charge is 0.490 e. The van der Waals surface area contributed by atoms with Gasteiger partial charge in [0.2, 0.25) is 0 Å². The fourth-order valence-corrected chi connectivity index (χ4v) is 2.11. The lowest BCUT2D eigenvalue weighted by molar-refractivity contribution is 0.267. The van der Waals surface area contributed by atoms with E-state index in [1.54, 1.807) is 0 Å². The van der Waals surface area contributed by atoms with Crippen LogP contribution in [0.15, 0.2) is 18.2 Å². The van der Waals surface area contributed by atoms with Crippen molar-refractivity contribution in [2.24, 2.45) is 17.6 Å². The van der Waals surface area contributed by atoms with Gasteiger partial charge in [-0.25, -0.2) is 0 Å². The molecule has 0 heterocycles. The molecule has 1 rings (SSSR count). The maximum absolute atomic E-state index is 6.39. The Morgan fingerprint density at radius 3 is 2.05 bits per heavy atom. The van der Waals surface area contributed by atoms with E-state index >= 15 is 0 Å². The Labute approximate surface area is 129 Å². The molecule has 3 nitrogen and oxygen atoms in total. The lowest BCUT2D eigenvalue weighted by Gasteiger charge is -2.24.